The molecule has 8 heteroatoms. The zero-order chi connectivity index (χ0) is 16.4. The highest BCUT2D eigenvalue weighted by molar-refractivity contribution is 7.94. The Hall–Kier alpha value is -1.93. The van der Waals surface area contributed by atoms with Gasteiger partial charge in [0.15, 0.2) is 0 Å². The Morgan fingerprint density at radius 1 is 1.26 bits per heavy atom. The second-order valence-corrected chi connectivity index (χ2v) is 8.27. The van der Waals surface area contributed by atoms with Gasteiger partial charge >= 0.3 is 0 Å². The van der Waals surface area contributed by atoms with Crippen LogP contribution in [-0.4, -0.2) is 26.9 Å². The molecule has 3 rings (SSSR count). The predicted molar refractivity (Wildman–Crippen MR) is 86.4 cm³/mol. The van der Waals surface area contributed by atoms with Crippen molar-refractivity contribution in [3.05, 3.63) is 47.6 Å². The molecule has 0 spiro atoms. The zero-order valence-corrected chi connectivity index (χ0v) is 13.7. The minimum Gasteiger partial charge on any atom is -0.352 e. The summed E-state index contributed by atoms with van der Waals surface area (Å²) in [6, 6.07) is 8.67. The third kappa shape index (κ3) is 3.53. The molecule has 1 N–H and O–H groups in total. The van der Waals surface area contributed by atoms with E-state index in [1.54, 1.807) is 11.4 Å². The summed E-state index contributed by atoms with van der Waals surface area (Å²) in [5.74, 6) is -1.12. The van der Waals surface area contributed by atoms with E-state index < -0.39 is 28.3 Å². The molecule has 0 atom stereocenters. The van der Waals surface area contributed by atoms with Gasteiger partial charge in [-0.25, -0.2) is 12.8 Å². The molecule has 0 saturated heterocycles. The van der Waals surface area contributed by atoms with Crippen LogP contribution in [0.1, 0.15) is 12.8 Å². The van der Waals surface area contributed by atoms with Crippen molar-refractivity contribution < 1.29 is 17.6 Å². The second kappa shape index (κ2) is 6.29. The Morgan fingerprint density at radius 2 is 2.00 bits per heavy atom. The van der Waals surface area contributed by atoms with E-state index in [1.165, 1.54) is 30.3 Å². The first-order valence-corrected chi connectivity index (χ1v) is 9.40. The maximum atomic E-state index is 14.1. The molecule has 122 valence electrons. The number of hydrogen-bond donors (Lipinski definition) is 1. The quantitative estimate of drug-likeness (QED) is 0.866. The number of para-hydroxylation sites is 1. The maximum Gasteiger partial charge on any atom is 0.274 e. The molecule has 0 radical (unpaired) electrons. The van der Waals surface area contributed by atoms with Gasteiger partial charge in [-0.15, -0.1) is 11.3 Å². The number of carbonyl (C=O) groups excluding carboxylic acids is 1. The minimum absolute atomic E-state index is 0.0694. The van der Waals surface area contributed by atoms with E-state index in [0.29, 0.717) is 0 Å². The number of carbonyl (C=O) groups is 1. The molecule has 0 bridgehead atoms. The standard InChI is InChI=1S/C15H15FN2O3S2/c16-12-4-1-2-5-13(12)18(10-14(19)17-11-7-8-11)23(20,21)15-6-3-9-22-15/h1-6,9,11H,7-8,10H2,(H,17,19). The van der Waals surface area contributed by atoms with Crippen LogP contribution in [0.15, 0.2) is 46.0 Å². The van der Waals surface area contributed by atoms with Crippen molar-refractivity contribution in [3.63, 3.8) is 0 Å². The van der Waals surface area contributed by atoms with E-state index in [4.69, 9.17) is 0 Å². The number of hydrogen-bond acceptors (Lipinski definition) is 4. The average Bonchev–Trinajstić information content (AvgIpc) is 3.14. The number of thiophene rings is 1. The molecule has 1 saturated carbocycles. The van der Waals surface area contributed by atoms with Gasteiger partial charge in [-0.1, -0.05) is 18.2 Å². The van der Waals surface area contributed by atoms with E-state index in [-0.39, 0.29) is 15.9 Å². The first-order valence-electron chi connectivity index (χ1n) is 7.08. The first-order chi connectivity index (χ1) is 11.0. The Balaban J connectivity index is 1.96. The van der Waals surface area contributed by atoms with Crippen molar-refractivity contribution in [1.29, 1.82) is 0 Å². The van der Waals surface area contributed by atoms with Gasteiger partial charge in [-0.3, -0.25) is 9.10 Å². The summed E-state index contributed by atoms with van der Waals surface area (Å²) in [6.07, 6.45) is 1.78. The number of rotatable bonds is 6. The normalized spacial score (nSPS) is 14.5. The summed E-state index contributed by atoms with van der Waals surface area (Å²) in [4.78, 5) is 12.1. The molecule has 1 aliphatic carbocycles. The van der Waals surface area contributed by atoms with Crippen LogP contribution in [0, 0.1) is 5.82 Å². The SMILES string of the molecule is O=C(CN(c1ccccc1F)S(=O)(=O)c1cccs1)NC1CC1. The molecule has 1 amide bonds. The Kier molecular flexibility index (Phi) is 4.36. The lowest BCUT2D eigenvalue weighted by molar-refractivity contribution is -0.119. The molecule has 1 fully saturated rings. The van der Waals surface area contributed by atoms with Gasteiger partial charge in [-0.2, -0.15) is 0 Å². The zero-order valence-electron chi connectivity index (χ0n) is 12.1. The first kappa shape index (κ1) is 15.9. The second-order valence-electron chi connectivity index (χ2n) is 5.24. The summed E-state index contributed by atoms with van der Waals surface area (Å²) in [5.41, 5.74) is -0.133. The van der Waals surface area contributed by atoms with Crippen molar-refractivity contribution >= 4 is 33.0 Å². The highest BCUT2D eigenvalue weighted by Crippen LogP contribution is 2.28. The van der Waals surface area contributed by atoms with Gasteiger partial charge in [0.2, 0.25) is 5.91 Å². The van der Waals surface area contributed by atoms with E-state index in [1.807, 2.05) is 0 Å². The van der Waals surface area contributed by atoms with Crippen LogP contribution in [0.25, 0.3) is 0 Å². The number of halogens is 1. The molecular weight excluding hydrogens is 339 g/mol. The van der Waals surface area contributed by atoms with Crippen LogP contribution < -0.4 is 9.62 Å². The molecular formula is C15H15FN2O3S2. The van der Waals surface area contributed by atoms with Crippen molar-refractivity contribution in [2.75, 3.05) is 10.8 Å². The van der Waals surface area contributed by atoms with Crippen LogP contribution >= 0.6 is 11.3 Å². The van der Waals surface area contributed by atoms with E-state index in [0.717, 1.165) is 28.5 Å². The average molecular weight is 354 g/mol. The minimum atomic E-state index is -3.99. The molecule has 23 heavy (non-hydrogen) atoms. The van der Waals surface area contributed by atoms with Gasteiger partial charge in [0.25, 0.3) is 10.0 Å². The van der Waals surface area contributed by atoms with Crippen LogP contribution in [0.3, 0.4) is 0 Å². The summed E-state index contributed by atoms with van der Waals surface area (Å²) in [6.45, 7) is -0.447. The lowest BCUT2D eigenvalue weighted by atomic mass is 10.3. The number of nitrogens with zero attached hydrogens (tertiary/aromatic N) is 1. The van der Waals surface area contributed by atoms with E-state index in [2.05, 4.69) is 5.32 Å². The monoisotopic (exact) mass is 354 g/mol. The van der Waals surface area contributed by atoms with E-state index in [9.17, 15) is 17.6 Å². The van der Waals surface area contributed by atoms with Gasteiger partial charge in [0.05, 0.1) is 5.69 Å². The summed E-state index contributed by atoms with van der Waals surface area (Å²) >= 11 is 1.03. The molecule has 0 unspecified atom stereocenters. The summed E-state index contributed by atoms with van der Waals surface area (Å²) < 4.78 is 40.5. The predicted octanol–water partition coefficient (Wildman–Crippen LogP) is 2.36. The van der Waals surface area contributed by atoms with Crippen molar-refractivity contribution in [3.8, 4) is 0 Å². The Morgan fingerprint density at radius 3 is 2.61 bits per heavy atom. The fourth-order valence-electron chi connectivity index (χ4n) is 2.10. The number of amides is 1. The van der Waals surface area contributed by atoms with Gasteiger partial charge < -0.3 is 5.32 Å². The molecule has 1 heterocycles. The molecule has 1 aliphatic rings. The number of benzene rings is 1. The largest absolute Gasteiger partial charge is 0.352 e. The topological polar surface area (TPSA) is 66.5 Å². The molecule has 5 nitrogen and oxygen atoms in total. The third-order valence-electron chi connectivity index (χ3n) is 3.39. The van der Waals surface area contributed by atoms with Crippen molar-refractivity contribution in [2.24, 2.45) is 0 Å². The lowest BCUT2D eigenvalue weighted by Gasteiger charge is -2.23. The van der Waals surface area contributed by atoms with Crippen molar-refractivity contribution in [1.82, 2.24) is 5.32 Å². The fraction of sp³-hybridized carbons (Fsp3) is 0.267. The van der Waals surface area contributed by atoms with Crippen LogP contribution in [0.2, 0.25) is 0 Å². The lowest BCUT2D eigenvalue weighted by Crippen LogP contribution is -2.41. The number of sulfonamides is 1. The van der Waals surface area contributed by atoms with E-state index >= 15 is 0 Å². The summed E-state index contributed by atoms with van der Waals surface area (Å²) in [5, 5.41) is 4.35. The molecule has 1 aromatic carbocycles. The maximum absolute atomic E-state index is 14.1. The number of anilines is 1. The highest BCUT2D eigenvalue weighted by Gasteiger charge is 2.31. The van der Waals surface area contributed by atoms with Crippen LogP contribution in [-0.2, 0) is 14.8 Å². The Labute approximate surface area is 137 Å². The number of nitrogens with one attached hydrogen (secondary N) is 1. The third-order valence-corrected chi connectivity index (χ3v) is 6.52. The highest BCUT2D eigenvalue weighted by atomic mass is 32.2. The smallest absolute Gasteiger partial charge is 0.274 e. The van der Waals surface area contributed by atoms with Crippen LogP contribution in [0.5, 0.6) is 0 Å². The van der Waals surface area contributed by atoms with Crippen LogP contribution in [0.4, 0.5) is 10.1 Å². The molecule has 0 aliphatic heterocycles. The van der Waals surface area contributed by atoms with Gasteiger partial charge in [0, 0.05) is 6.04 Å². The fourth-order valence-corrected chi connectivity index (χ4v) is 4.64. The summed E-state index contributed by atoms with van der Waals surface area (Å²) in [7, 11) is -3.99. The molecule has 2 aromatic rings. The Bertz CT molecular complexity index is 802. The molecule has 1 aromatic heterocycles. The van der Waals surface area contributed by atoms with Gasteiger partial charge in [0.1, 0.15) is 16.6 Å². The van der Waals surface area contributed by atoms with Gasteiger partial charge in [-0.05, 0) is 36.4 Å². The van der Waals surface area contributed by atoms with Crippen molar-refractivity contribution in [2.45, 2.75) is 23.1 Å².